The lowest BCUT2D eigenvalue weighted by atomic mass is 10.0. The van der Waals surface area contributed by atoms with E-state index in [0.717, 1.165) is 46.9 Å². The van der Waals surface area contributed by atoms with Gasteiger partial charge in [-0.25, -0.2) is 4.98 Å². The van der Waals surface area contributed by atoms with Crippen molar-refractivity contribution >= 4 is 40.3 Å². The molecule has 2 aromatic heterocycles. The number of thioether (sulfide) groups is 1. The molecule has 8 heteroatoms. The van der Waals surface area contributed by atoms with Gasteiger partial charge in [0.2, 0.25) is 0 Å². The quantitative estimate of drug-likeness (QED) is 0.699. The number of nitrogens with zero attached hydrogens (tertiary/aromatic N) is 4. The van der Waals surface area contributed by atoms with Gasteiger partial charge in [0, 0.05) is 48.6 Å². The number of aryl methyl sites for hydroxylation is 3. The fraction of sp³-hybridized carbons (Fsp3) is 0.364. The van der Waals surface area contributed by atoms with Crippen LogP contribution in [0.5, 0.6) is 0 Å². The van der Waals surface area contributed by atoms with Crippen LogP contribution in [0.15, 0.2) is 24.3 Å². The maximum Gasteiger partial charge on any atom is 0.256 e. The van der Waals surface area contributed by atoms with E-state index in [-0.39, 0.29) is 11.8 Å². The van der Waals surface area contributed by atoms with Crippen molar-refractivity contribution in [3.63, 3.8) is 0 Å². The molecule has 1 N–H and O–H groups in total. The molecule has 30 heavy (non-hydrogen) atoms. The van der Waals surface area contributed by atoms with Gasteiger partial charge in [-0.15, -0.1) is 0 Å². The summed E-state index contributed by atoms with van der Waals surface area (Å²) in [5, 5.41) is 8.16. The number of fused-ring (bicyclic) bond motifs is 1. The Balaban J connectivity index is 1.66. The number of anilines is 1. The normalized spacial score (nSPS) is 14.2. The van der Waals surface area contributed by atoms with Gasteiger partial charge in [0.15, 0.2) is 5.65 Å². The molecule has 0 aliphatic carbocycles. The molecule has 0 unspecified atom stereocenters. The van der Waals surface area contributed by atoms with Crippen molar-refractivity contribution < 1.29 is 9.59 Å². The minimum absolute atomic E-state index is 0.0224. The second-order valence-electron chi connectivity index (χ2n) is 7.56. The predicted molar refractivity (Wildman–Crippen MR) is 120 cm³/mol. The monoisotopic (exact) mass is 423 g/mol. The van der Waals surface area contributed by atoms with Crippen LogP contribution in [0.3, 0.4) is 0 Å². The Morgan fingerprint density at radius 3 is 2.57 bits per heavy atom. The van der Waals surface area contributed by atoms with Crippen molar-refractivity contribution in [1.29, 1.82) is 0 Å². The number of rotatable bonds is 3. The number of amides is 2. The molecule has 0 bridgehead atoms. The molecular weight excluding hydrogens is 398 g/mol. The van der Waals surface area contributed by atoms with Gasteiger partial charge in [-0.05, 0) is 44.5 Å². The molecule has 1 fully saturated rings. The third kappa shape index (κ3) is 3.67. The second-order valence-corrected chi connectivity index (χ2v) is 8.78. The van der Waals surface area contributed by atoms with Crippen LogP contribution < -0.4 is 5.32 Å². The van der Waals surface area contributed by atoms with Crippen LogP contribution in [0.4, 0.5) is 5.69 Å². The minimum Gasteiger partial charge on any atom is -0.337 e. The van der Waals surface area contributed by atoms with Gasteiger partial charge in [-0.1, -0.05) is 6.07 Å². The lowest BCUT2D eigenvalue weighted by molar-refractivity contribution is 0.0771. The number of pyridine rings is 1. The van der Waals surface area contributed by atoms with E-state index in [2.05, 4.69) is 15.4 Å². The van der Waals surface area contributed by atoms with E-state index in [1.807, 2.05) is 62.7 Å². The molecule has 1 aromatic carbocycles. The number of hydrogen-bond acceptors (Lipinski definition) is 5. The van der Waals surface area contributed by atoms with Crippen LogP contribution in [0, 0.1) is 20.8 Å². The zero-order valence-corrected chi connectivity index (χ0v) is 18.5. The third-order valence-electron chi connectivity index (χ3n) is 5.45. The third-order valence-corrected chi connectivity index (χ3v) is 6.39. The SMILES string of the molecule is Cc1cc(C(=O)Nc2cccc(C(=O)N3CCSCC3)c2C)c2c(C)nn(C)c2n1. The Hall–Kier alpha value is -2.87. The second kappa shape index (κ2) is 8.10. The van der Waals surface area contributed by atoms with E-state index in [1.165, 1.54) is 0 Å². The topological polar surface area (TPSA) is 80.1 Å². The maximum absolute atomic E-state index is 13.2. The zero-order valence-electron chi connectivity index (χ0n) is 17.7. The molecule has 0 spiro atoms. The van der Waals surface area contributed by atoms with Crippen molar-refractivity contribution in [2.45, 2.75) is 20.8 Å². The van der Waals surface area contributed by atoms with Crippen molar-refractivity contribution in [3.05, 3.63) is 52.3 Å². The maximum atomic E-state index is 13.2. The highest BCUT2D eigenvalue weighted by Gasteiger charge is 2.22. The molecule has 0 atom stereocenters. The van der Waals surface area contributed by atoms with Crippen LogP contribution >= 0.6 is 11.8 Å². The van der Waals surface area contributed by atoms with Crippen LogP contribution in [-0.2, 0) is 7.05 Å². The summed E-state index contributed by atoms with van der Waals surface area (Å²) in [6.07, 6.45) is 0. The highest BCUT2D eigenvalue weighted by molar-refractivity contribution is 7.99. The fourth-order valence-electron chi connectivity index (χ4n) is 3.88. The van der Waals surface area contributed by atoms with Crippen molar-refractivity contribution in [2.24, 2.45) is 7.05 Å². The standard InChI is InChI=1S/C22H25N5O2S/c1-13-12-17(19-15(3)25-26(4)20(19)23-13)21(28)24-18-7-5-6-16(14(18)2)22(29)27-8-10-30-11-9-27/h5-7,12H,8-11H2,1-4H3,(H,24,28). The first kappa shape index (κ1) is 20.4. The minimum atomic E-state index is -0.233. The van der Waals surface area contributed by atoms with Crippen LogP contribution in [0.25, 0.3) is 11.0 Å². The molecule has 0 radical (unpaired) electrons. The highest BCUT2D eigenvalue weighted by Crippen LogP contribution is 2.25. The molecule has 1 aliphatic rings. The van der Waals surface area contributed by atoms with Crippen LogP contribution in [0.2, 0.25) is 0 Å². The molecule has 2 amide bonds. The van der Waals surface area contributed by atoms with Crippen LogP contribution in [-0.4, -0.2) is 56.1 Å². The lowest BCUT2D eigenvalue weighted by Gasteiger charge is -2.27. The Kier molecular flexibility index (Phi) is 5.51. The molecule has 1 aliphatic heterocycles. The van der Waals surface area contributed by atoms with Gasteiger partial charge in [0.1, 0.15) is 0 Å². The average molecular weight is 424 g/mol. The molecule has 4 rings (SSSR count). The van der Waals surface area contributed by atoms with Gasteiger partial charge in [0.25, 0.3) is 11.8 Å². The summed E-state index contributed by atoms with van der Waals surface area (Å²) in [4.78, 5) is 32.6. The predicted octanol–water partition coefficient (Wildman–Crippen LogP) is 3.33. The first-order chi connectivity index (χ1) is 14.4. The Morgan fingerprint density at radius 1 is 1.10 bits per heavy atom. The van der Waals surface area contributed by atoms with E-state index in [1.54, 1.807) is 10.7 Å². The summed E-state index contributed by atoms with van der Waals surface area (Å²) in [5.74, 6) is 1.71. The summed E-state index contributed by atoms with van der Waals surface area (Å²) < 4.78 is 1.69. The Labute approximate surface area is 179 Å². The van der Waals surface area contributed by atoms with E-state index in [9.17, 15) is 9.59 Å². The largest absolute Gasteiger partial charge is 0.337 e. The molecule has 156 valence electrons. The summed E-state index contributed by atoms with van der Waals surface area (Å²) in [5.41, 5.74) is 4.77. The molecule has 3 heterocycles. The summed E-state index contributed by atoms with van der Waals surface area (Å²) in [6, 6.07) is 7.26. The van der Waals surface area contributed by atoms with Crippen molar-refractivity contribution in [2.75, 3.05) is 29.9 Å². The zero-order chi connectivity index (χ0) is 21.4. The van der Waals surface area contributed by atoms with Gasteiger partial charge in [-0.3, -0.25) is 14.3 Å². The molecule has 1 saturated heterocycles. The molecule has 3 aromatic rings. The van der Waals surface area contributed by atoms with Crippen LogP contribution in [0.1, 0.15) is 37.7 Å². The van der Waals surface area contributed by atoms with Gasteiger partial charge >= 0.3 is 0 Å². The number of carbonyl (C=O) groups is 2. The Morgan fingerprint density at radius 2 is 1.83 bits per heavy atom. The first-order valence-corrected chi connectivity index (χ1v) is 11.1. The summed E-state index contributed by atoms with van der Waals surface area (Å²) in [6.45, 7) is 7.13. The first-order valence-electron chi connectivity index (χ1n) is 9.95. The average Bonchev–Trinajstić information content (AvgIpc) is 3.02. The number of carbonyl (C=O) groups excluding carboxylic acids is 2. The van der Waals surface area contributed by atoms with Crippen molar-refractivity contribution in [3.8, 4) is 0 Å². The molecule has 0 saturated carbocycles. The number of benzene rings is 1. The molecular formula is C22H25N5O2S. The van der Waals surface area contributed by atoms with E-state index in [4.69, 9.17) is 0 Å². The van der Waals surface area contributed by atoms with E-state index >= 15 is 0 Å². The number of nitrogens with one attached hydrogen (secondary N) is 1. The van der Waals surface area contributed by atoms with E-state index in [0.29, 0.717) is 22.5 Å². The van der Waals surface area contributed by atoms with E-state index < -0.39 is 0 Å². The Bertz CT molecular complexity index is 1150. The lowest BCUT2D eigenvalue weighted by Crippen LogP contribution is -2.38. The summed E-state index contributed by atoms with van der Waals surface area (Å²) >= 11 is 1.87. The molecule has 7 nitrogen and oxygen atoms in total. The smallest absolute Gasteiger partial charge is 0.256 e. The van der Waals surface area contributed by atoms with Gasteiger partial charge in [0.05, 0.1) is 16.6 Å². The number of aromatic nitrogens is 3. The fourth-order valence-corrected chi connectivity index (χ4v) is 4.78. The number of hydrogen-bond donors (Lipinski definition) is 1. The van der Waals surface area contributed by atoms with Gasteiger partial charge in [-0.2, -0.15) is 16.9 Å². The summed E-state index contributed by atoms with van der Waals surface area (Å²) in [7, 11) is 1.82. The highest BCUT2D eigenvalue weighted by atomic mass is 32.2. The van der Waals surface area contributed by atoms with Crippen molar-refractivity contribution in [1.82, 2.24) is 19.7 Å². The van der Waals surface area contributed by atoms with Gasteiger partial charge < -0.3 is 10.2 Å².